The van der Waals surface area contributed by atoms with Gasteiger partial charge in [0.05, 0.1) is 25.8 Å². The molecule has 0 amide bonds. The minimum atomic E-state index is -0.879. The summed E-state index contributed by atoms with van der Waals surface area (Å²) in [6.07, 6.45) is 3.29. The lowest BCUT2D eigenvalue weighted by Crippen LogP contribution is -2.14. The largest absolute Gasteiger partial charge is 0.496 e. The number of carboxylic acid groups (broad SMARTS) is 1. The molecular weight excluding hydrogens is 452 g/mol. The first kappa shape index (κ1) is 23.9. The highest BCUT2D eigenvalue weighted by molar-refractivity contribution is 7.80. The summed E-state index contributed by atoms with van der Waals surface area (Å²) in [7, 11) is 3.40. The number of carbonyl (C=O) groups is 1. The number of pyridine rings is 1. The number of carboxylic acids is 1. The summed E-state index contributed by atoms with van der Waals surface area (Å²) < 4.78 is 13.1. The van der Waals surface area contributed by atoms with Crippen LogP contribution in [0.5, 0.6) is 11.6 Å². The number of fused-ring (bicyclic) bond motifs is 1. The molecule has 3 aromatic rings. The molecule has 180 valence electrons. The number of aromatic nitrogens is 3. The van der Waals surface area contributed by atoms with Crippen LogP contribution < -0.4 is 14.8 Å². The van der Waals surface area contributed by atoms with Crippen molar-refractivity contribution in [1.29, 1.82) is 0 Å². The summed E-state index contributed by atoms with van der Waals surface area (Å²) >= 11 is 4.42. The number of benzene rings is 1. The quantitative estimate of drug-likeness (QED) is 0.377. The van der Waals surface area contributed by atoms with Gasteiger partial charge in [0.25, 0.3) is 0 Å². The first-order valence-electron chi connectivity index (χ1n) is 11.4. The monoisotopic (exact) mass is 482 g/mol. The Balaban J connectivity index is 1.43. The molecule has 0 fully saturated rings. The normalized spacial score (nSPS) is 13.6. The molecule has 34 heavy (non-hydrogen) atoms. The summed E-state index contributed by atoms with van der Waals surface area (Å²) in [5.41, 5.74) is 3.81. The molecule has 4 rings (SSSR count). The third-order valence-electron chi connectivity index (χ3n) is 5.98. The van der Waals surface area contributed by atoms with Gasteiger partial charge in [-0.3, -0.25) is 4.79 Å². The molecule has 0 saturated heterocycles. The third kappa shape index (κ3) is 5.83. The number of hydrogen-bond donors (Lipinski definition) is 3. The molecule has 0 saturated carbocycles. The number of aryl methyl sites for hydroxylation is 2. The van der Waals surface area contributed by atoms with Crippen molar-refractivity contribution >= 4 is 24.4 Å². The van der Waals surface area contributed by atoms with E-state index >= 15 is 0 Å². The van der Waals surface area contributed by atoms with Crippen molar-refractivity contribution in [2.24, 2.45) is 7.05 Å². The molecule has 0 radical (unpaired) electrons. The number of nitrogens with one attached hydrogen (secondary N) is 1. The number of methoxy groups -OCH3 is 1. The maximum Gasteiger partial charge on any atom is 0.303 e. The van der Waals surface area contributed by atoms with Gasteiger partial charge in [0, 0.05) is 42.6 Å². The van der Waals surface area contributed by atoms with E-state index in [0.29, 0.717) is 31.1 Å². The van der Waals surface area contributed by atoms with Crippen LogP contribution in [0.15, 0.2) is 41.3 Å². The van der Waals surface area contributed by atoms with Crippen LogP contribution in [0.4, 0.5) is 5.82 Å². The van der Waals surface area contributed by atoms with Crippen LogP contribution in [0.25, 0.3) is 0 Å². The van der Waals surface area contributed by atoms with Crippen LogP contribution in [-0.4, -0.2) is 46.1 Å². The Bertz CT molecular complexity index is 1160. The van der Waals surface area contributed by atoms with Crippen molar-refractivity contribution in [1.82, 2.24) is 14.8 Å². The second-order valence-corrected chi connectivity index (χ2v) is 8.98. The van der Waals surface area contributed by atoms with Gasteiger partial charge in [-0.1, -0.05) is 6.07 Å². The SMILES string of the molecule is COc1ccc(S)cc1C(CC(=O)O)Cc1cc(OCCc2ccc3c(n2)NCCC3)n(C)n1. The Morgan fingerprint density at radius 1 is 1.26 bits per heavy atom. The fourth-order valence-electron chi connectivity index (χ4n) is 4.31. The fourth-order valence-corrected chi connectivity index (χ4v) is 4.52. The van der Waals surface area contributed by atoms with Crippen molar-refractivity contribution < 1.29 is 19.4 Å². The first-order valence-corrected chi connectivity index (χ1v) is 11.8. The fraction of sp³-hybridized carbons (Fsp3) is 0.400. The predicted octanol–water partition coefficient (Wildman–Crippen LogP) is 3.89. The van der Waals surface area contributed by atoms with Gasteiger partial charge in [0.15, 0.2) is 0 Å². The van der Waals surface area contributed by atoms with Gasteiger partial charge in [-0.2, -0.15) is 5.10 Å². The summed E-state index contributed by atoms with van der Waals surface area (Å²) in [6, 6.07) is 11.6. The van der Waals surface area contributed by atoms with E-state index in [0.717, 1.165) is 47.1 Å². The van der Waals surface area contributed by atoms with Crippen LogP contribution in [0.2, 0.25) is 0 Å². The van der Waals surface area contributed by atoms with Gasteiger partial charge in [0.2, 0.25) is 5.88 Å². The maximum atomic E-state index is 11.6. The summed E-state index contributed by atoms with van der Waals surface area (Å²) in [6.45, 7) is 1.43. The van der Waals surface area contributed by atoms with Gasteiger partial charge >= 0.3 is 5.97 Å². The first-order chi connectivity index (χ1) is 16.4. The van der Waals surface area contributed by atoms with Gasteiger partial charge in [-0.25, -0.2) is 9.67 Å². The highest BCUT2D eigenvalue weighted by Crippen LogP contribution is 2.34. The molecule has 2 N–H and O–H groups in total. The second kappa shape index (κ2) is 10.8. The Morgan fingerprint density at radius 2 is 2.12 bits per heavy atom. The van der Waals surface area contributed by atoms with Crippen LogP contribution >= 0.6 is 12.6 Å². The van der Waals surface area contributed by atoms with Crippen molar-refractivity contribution in [2.75, 3.05) is 25.6 Å². The molecule has 2 aromatic heterocycles. The van der Waals surface area contributed by atoms with Crippen LogP contribution in [-0.2, 0) is 31.1 Å². The van der Waals surface area contributed by atoms with E-state index < -0.39 is 5.97 Å². The van der Waals surface area contributed by atoms with Crippen molar-refractivity contribution in [3.8, 4) is 11.6 Å². The number of rotatable bonds is 10. The molecule has 1 aliphatic rings. The molecule has 9 heteroatoms. The highest BCUT2D eigenvalue weighted by Gasteiger charge is 2.22. The van der Waals surface area contributed by atoms with Crippen LogP contribution in [0.1, 0.15) is 41.3 Å². The molecule has 0 spiro atoms. The molecule has 8 nitrogen and oxygen atoms in total. The Morgan fingerprint density at radius 3 is 2.91 bits per heavy atom. The number of aliphatic carboxylic acids is 1. The summed E-state index contributed by atoms with van der Waals surface area (Å²) in [5, 5.41) is 17.4. The molecule has 0 bridgehead atoms. The van der Waals surface area contributed by atoms with E-state index in [9.17, 15) is 9.90 Å². The van der Waals surface area contributed by atoms with E-state index in [2.05, 4.69) is 35.2 Å². The minimum Gasteiger partial charge on any atom is -0.496 e. The molecule has 3 heterocycles. The average molecular weight is 483 g/mol. The molecule has 1 unspecified atom stereocenters. The molecular formula is C25H30N4O4S. The highest BCUT2D eigenvalue weighted by atomic mass is 32.1. The zero-order valence-electron chi connectivity index (χ0n) is 19.5. The smallest absolute Gasteiger partial charge is 0.303 e. The number of hydrogen-bond acceptors (Lipinski definition) is 7. The van der Waals surface area contributed by atoms with E-state index in [-0.39, 0.29) is 12.3 Å². The maximum absolute atomic E-state index is 11.6. The topological polar surface area (TPSA) is 98.5 Å². The minimum absolute atomic E-state index is 0.0433. The van der Waals surface area contributed by atoms with Crippen molar-refractivity contribution in [3.05, 3.63) is 58.9 Å². The second-order valence-electron chi connectivity index (χ2n) is 8.46. The van der Waals surface area contributed by atoms with Gasteiger partial charge in [-0.15, -0.1) is 12.6 Å². The van der Waals surface area contributed by atoms with E-state index in [4.69, 9.17) is 14.5 Å². The summed E-state index contributed by atoms with van der Waals surface area (Å²) in [5.74, 6) is 1.07. The Labute approximate surface area is 204 Å². The van der Waals surface area contributed by atoms with E-state index in [1.165, 1.54) is 5.56 Å². The van der Waals surface area contributed by atoms with E-state index in [1.807, 2.05) is 31.3 Å². The predicted molar refractivity (Wildman–Crippen MR) is 132 cm³/mol. The number of ether oxygens (including phenoxy) is 2. The standard InChI is InChI=1S/C25H30N4O4S/c1-29-23(33-11-9-18-6-5-16-4-3-10-26-25(16)27-18)14-19(28-29)12-17(13-24(30)31)21-15-20(34)7-8-22(21)32-2/h5-8,14-15,17,34H,3-4,9-13H2,1-2H3,(H,26,27)(H,30,31). The molecule has 0 aliphatic carbocycles. The lowest BCUT2D eigenvalue weighted by Gasteiger charge is -2.18. The zero-order chi connectivity index (χ0) is 24.1. The Hall–Kier alpha value is -3.20. The van der Waals surface area contributed by atoms with Gasteiger partial charge in [-0.05, 0) is 54.7 Å². The third-order valence-corrected chi connectivity index (χ3v) is 6.26. The van der Waals surface area contributed by atoms with Crippen molar-refractivity contribution in [2.45, 2.75) is 42.9 Å². The number of nitrogens with zero attached hydrogens (tertiary/aromatic N) is 3. The zero-order valence-corrected chi connectivity index (χ0v) is 20.3. The Kier molecular flexibility index (Phi) is 7.62. The van der Waals surface area contributed by atoms with Gasteiger partial charge in [0.1, 0.15) is 11.6 Å². The average Bonchev–Trinajstić information content (AvgIpc) is 3.17. The van der Waals surface area contributed by atoms with E-state index in [1.54, 1.807) is 11.8 Å². The van der Waals surface area contributed by atoms with Gasteiger partial charge < -0.3 is 19.9 Å². The molecule has 1 aliphatic heterocycles. The number of thiol groups is 1. The molecule has 1 aromatic carbocycles. The lowest BCUT2D eigenvalue weighted by molar-refractivity contribution is -0.137. The van der Waals surface area contributed by atoms with Crippen LogP contribution in [0, 0.1) is 0 Å². The lowest BCUT2D eigenvalue weighted by atomic mass is 9.90. The van der Waals surface area contributed by atoms with Crippen LogP contribution in [0.3, 0.4) is 0 Å². The molecule has 1 atom stereocenters. The van der Waals surface area contributed by atoms with Crippen molar-refractivity contribution in [3.63, 3.8) is 0 Å². The summed E-state index contributed by atoms with van der Waals surface area (Å²) in [4.78, 5) is 17.0. The number of anilines is 1.